The van der Waals surface area contributed by atoms with Crippen LogP contribution in [0.15, 0.2) is 18.2 Å². The zero-order valence-corrected chi connectivity index (χ0v) is 10.8. The van der Waals surface area contributed by atoms with Crippen molar-refractivity contribution in [3.05, 3.63) is 29.3 Å². The van der Waals surface area contributed by atoms with E-state index < -0.39 is 0 Å². The first kappa shape index (κ1) is 12.2. The second kappa shape index (κ2) is 3.86. The second-order valence-corrected chi connectivity index (χ2v) is 5.72. The summed E-state index contributed by atoms with van der Waals surface area (Å²) in [4.78, 5) is 11.4. The minimum Gasteiger partial charge on any atom is -0.508 e. The van der Waals surface area contributed by atoms with Gasteiger partial charge in [0.2, 0.25) is 0 Å². The van der Waals surface area contributed by atoms with Crippen molar-refractivity contribution in [2.45, 2.75) is 45.4 Å². The van der Waals surface area contributed by atoms with Gasteiger partial charge in [-0.1, -0.05) is 32.4 Å². The Morgan fingerprint density at radius 2 is 2.00 bits per heavy atom. The molecule has 0 radical (unpaired) electrons. The molecule has 1 fully saturated rings. The van der Waals surface area contributed by atoms with E-state index in [-0.39, 0.29) is 10.8 Å². The monoisotopic (exact) mass is 232 g/mol. The van der Waals surface area contributed by atoms with Gasteiger partial charge in [0.25, 0.3) is 0 Å². The molecule has 1 N–H and O–H groups in total. The first-order valence-corrected chi connectivity index (χ1v) is 6.19. The van der Waals surface area contributed by atoms with Crippen LogP contribution in [-0.2, 0) is 10.2 Å². The summed E-state index contributed by atoms with van der Waals surface area (Å²) in [5.41, 5.74) is 1.66. The molecule has 1 aliphatic carbocycles. The van der Waals surface area contributed by atoms with Crippen LogP contribution in [0.2, 0.25) is 0 Å². The lowest BCUT2D eigenvalue weighted by molar-refractivity contribution is -0.117. The van der Waals surface area contributed by atoms with Crippen LogP contribution in [0.1, 0.15) is 44.2 Å². The van der Waals surface area contributed by atoms with Gasteiger partial charge in [-0.05, 0) is 37.0 Å². The van der Waals surface area contributed by atoms with Crippen molar-refractivity contribution >= 4 is 6.29 Å². The normalized spacial score (nSPS) is 32.6. The van der Waals surface area contributed by atoms with E-state index in [0.29, 0.717) is 5.75 Å². The van der Waals surface area contributed by atoms with Crippen molar-refractivity contribution in [1.29, 1.82) is 0 Å². The third-order valence-electron chi connectivity index (χ3n) is 4.73. The highest BCUT2D eigenvalue weighted by Crippen LogP contribution is 2.53. The van der Waals surface area contributed by atoms with E-state index in [9.17, 15) is 9.90 Å². The Labute approximate surface area is 103 Å². The number of hydrogen-bond acceptors (Lipinski definition) is 2. The SMILES string of the molecule is Cc1cc([C@@]2(C)CCC[C@@]2(C)C=O)ccc1O. The zero-order valence-electron chi connectivity index (χ0n) is 10.8. The molecule has 0 aliphatic heterocycles. The number of rotatable bonds is 2. The van der Waals surface area contributed by atoms with Gasteiger partial charge < -0.3 is 9.90 Å². The molecule has 0 amide bonds. The number of hydrogen-bond donors (Lipinski definition) is 1. The zero-order chi connectivity index (χ0) is 12.7. The van der Waals surface area contributed by atoms with Gasteiger partial charge in [0, 0.05) is 10.8 Å². The molecule has 0 unspecified atom stereocenters. The molecule has 0 saturated heterocycles. The maximum absolute atomic E-state index is 11.4. The lowest BCUT2D eigenvalue weighted by Crippen LogP contribution is -2.37. The molecular formula is C15H20O2. The average molecular weight is 232 g/mol. The molecule has 0 aromatic heterocycles. The van der Waals surface area contributed by atoms with Crippen molar-refractivity contribution in [1.82, 2.24) is 0 Å². The summed E-state index contributed by atoms with van der Waals surface area (Å²) in [6, 6.07) is 5.71. The molecular weight excluding hydrogens is 212 g/mol. The number of aromatic hydroxyl groups is 1. The van der Waals surface area contributed by atoms with Gasteiger partial charge >= 0.3 is 0 Å². The summed E-state index contributed by atoms with van der Waals surface area (Å²) < 4.78 is 0. The predicted molar refractivity (Wildman–Crippen MR) is 68.2 cm³/mol. The Kier molecular flexibility index (Phi) is 2.76. The van der Waals surface area contributed by atoms with E-state index >= 15 is 0 Å². The van der Waals surface area contributed by atoms with E-state index in [2.05, 4.69) is 13.8 Å². The number of phenols is 1. The predicted octanol–water partition coefficient (Wildman–Crippen LogP) is 3.35. The number of benzene rings is 1. The lowest BCUT2D eigenvalue weighted by atomic mass is 9.65. The van der Waals surface area contributed by atoms with Gasteiger partial charge in [0.15, 0.2) is 0 Å². The van der Waals surface area contributed by atoms with Gasteiger partial charge in [-0.2, -0.15) is 0 Å². The van der Waals surface area contributed by atoms with E-state index in [1.54, 1.807) is 6.07 Å². The average Bonchev–Trinajstić information content (AvgIpc) is 2.61. The number of aldehydes is 1. The number of carbonyl (C=O) groups is 1. The fraction of sp³-hybridized carbons (Fsp3) is 0.533. The van der Waals surface area contributed by atoms with Gasteiger partial charge in [-0.3, -0.25) is 0 Å². The molecule has 0 spiro atoms. The summed E-state index contributed by atoms with van der Waals surface area (Å²) in [5, 5.41) is 9.59. The van der Waals surface area contributed by atoms with Crippen LogP contribution in [0.25, 0.3) is 0 Å². The van der Waals surface area contributed by atoms with Crippen molar-refractivity contribution in [2.24, 2.45) is 5.41 Å². The van der Waals surface area contributed by atoms with Gasteiger partial charge in [-0.15, -0.1) is 0 Å². The minimum atomic E-state index is -0.281. The highest BCUT2D eigenvalue weighted by atomic mass is 16.3. The highest BCUT2D eigenvalue weighted by Gasteiger charge is 2.49. The second-order valence-electron chi connectivity index (χ2n) is 5.72. The summed E-state index contributed by atoms with van der Waals surface area (Å²) >= 11 is 0. The summed E-state index contributed by atoms with van der Waals surface area (Å²) in [6.07, 6.45) is 4.19. The van der Waals surface area contributed by atoms with Crippen LogP contribution in [0, 0.1) is 12.3 Å². The number of aryl methyl sites for hydroxylation is 1. The van der Waals surface area contributed by atoms with Crippen LogP contribution in [-0.4, -0.2) is 11.4 Å². The standard InChI is InChI=1S/C15H20O2/c1-11-9-12(5-6-13(11)17)15(3)8-4-7-14(15,2)10-16/h5-6,9-10,17H,4,7-8H2,1-3H3/t14-,15+/m0/s1. The molecule has 1 aliphatic rings. The Balaban J connectivity index is 2.51. The maximum atomic E-state index is 11.4. The fourth-order valence-corrected chi connectivity index (χ4v) is 3.03. The summed E-state index contributed by atoms with van der Waals surface area (Å²) in [6.45, 7) is 6.12. The van der Waals surface area contributed by atoms with Gasteiger partial charge in [-0.25, -0.2) is 0 Å². The summed E-state index contributed by atoms with van der Waals surface area (Å²) in [5.74, 6) is 0.322. The van der Waals surface area contributed by atoms with Gasteiger partial charge in [0.1, 0.15) is 12.0 Å². The Hall–Kier alpha value is -1.31. The van der Waals surface area contributed by atoms with Crippen LogP contribution < -0.4 is 0 Å². The molecule has 2 rings (SSSR count). The van der Waals surface area contributed by atoms with Crippen LogP contribution >= 0.6 is 0 Å². The summed E-state index contributed by atoms with van der Waals surface area (Å²) in [7, 11) is 0. The van der Waals surface area contributed by atoms with Crippen LogP contribution in [0.5, 0.6) is 5.75 Å². The molecule has 2 heteroatoms. The molecule has 2 atom stereocenters. The Morgan fingerprint density at radius 1 is 1.29 bits per heavy atom. The maximum Gasteiger partial charge on any atom is 0.126 e. The van der Waals surface area contributed by atoms with Crippen molar-refractivity contribution in [3.63, 3.8) is 0 Å². The van der Waals surface area contributed by atoms with Crippen LogP contribution in [0.4, 0.5) is 0 Å². The first-order valence-electron chi connectivity index (χ1n) is 6.19. The largest absolute Gasteiger partial charge is 0.508 e. The van der Waals surface area contributed by atoms with E-state index in [1.807, 2.05) is 19.1 Å². The number of carbonyl (C=O) groups excluding carboxylic acids is 1. The molecule has 2 nitrogen and oxygen atoms in total. The third-order valence-corrected chi connectivity index (χ3v) is 4.73. The molecule has 17 heavy (non-hydrogen) atoms. The topological polar surface area (TPSA) is 37.3 Å². The minimum absolute atomic E-state index is 0.104. The third kappa shape index (κ3) is 1.67. The Bertz CT molecular complexity index is 452. The molecule has 0 heterocycles. The smallest absolute Gasteiger partial charge is 0.126 e. The van der Waals surface area contributed by atoms with Crippen molar-refractivity contribution in [2.75, 3.05) is 0 Å². The number of phenolic OH excluding ortho intramolecular Hbond substituents is 1. The highest BCUT2D eigenvalue weighted by molar-refractivity contribution is 5.64. The Morgan fingerprint density at radius 3 is 2.59 bits per heavy atom. The molecule has 1 aromatic rings. The quantitative estimate of drug-likeness (QED) is 0.794. The van der Waals surface area contributed by atoms with Crippen molar-refractivity contribution < 1.29 is 9.90 Å². The lowest BCUT2D eigenvalue weighted by Gasteiger charge is -2.37. The first-order chi connectivity index (χ1) is 7.93. The van der Waals surface area contributed by atoms with E-state index in [4.69, 9.17) is 0 Å². The van der Waals surface area contributed by atoms with Crippen molar-refractivity contribution in [3.8, 4) is 5.75 Å². The fourth-order valence-electron chi connectivity index (χ4n) is 3.03. The molecule has 1 saturated carbocycles. The van der Waals surface area contributed by atoms with E-state index in [1.165, 1.54) is 5.56 Å². The molecule has 0 bridgehead atoms. The van der Waals surface area contributed by atoms with Crippen LogP contribution in [0.3, 0.4) is 0 Å². The van der Waals surface area contributed by atoms with Gasteiger partial charge in [0.05, 0.1) is 0 Å². The molecule has 92 valence electrons. The van der Waals surface area contributed by atoms with E-state index in [0.717, 1.165) is 31.1 Å². The molecule has 1 aromatic carbocycles.